The van der Waals surface area contributed by atoms with E-state index >= 15 is 0 Å². The standard InChI is InChI=1S/C19H18ClN3O2S/c20-16-8-6-15(7-9-16)12-13-21-17-10-11-19(22-14-17)23-26(24,25)18-4-2-1-3-5-18/h1-11,14,21H,12-13H2,(H,22,23). The number of hydrogen-bond acceptors (Lipinski definition) is 4. The van der Waals surface area contributed by atoms with Crippen LogP contribution < -0.4 is 10.0 Å². The van der Waals surface area contributed by atoms with Gasteiger partial charge in [-0.25, -0.2) is 13.4 Å². The minimum Gasteiger partial charge on any atom is -0.383 e. The van der Waals surface area contributed by atoms with Gasteiger partial charge in [0.15, 0.2) is 0 Å². The van der Waals surface area contributed by atoms with Crippen LogP contribution in [0.25, 0.3) is 0 Å². The van der Waals surface area contributed by atoms with Gasteiger partial charge in [-0.05, 0) is 48.4 Å². The lowest BCUT2D eigenvalue weighted by molar-refractivity contribution is 0.601. The predicted molar refractivity (Wildman–Crippen MR) is 105 cm³/mol. The van der Waals surface area contributed by atoms with Crippen molar-refractivity contribution in [2.45, 2.75) is 11.3 Å². The van der Waals surface area contributed by atoms with Crippen molar-refractivity contribution in [2.75, 3.05) is 16.6 Å². The lowest BCUT2D eigenvalue weighted by Crippen LogP contribution is -2.14. The van der Waals surface area contributed by atoms with E-state index in [9.17, 15) is 8.42 Å². The molecule has 7 heteroatoms. The van der Waals surface area contributed by atoms with E-state index in [1.807, 2.05) is 24.3 Å². The second kappa shape index (κ2) is 8.21. The maximum atomic E-state index is 12.3. The summed E-state index contributed by atoms with van der Waals surface area (Å²) < 4.78 is 27.0. The van der Waals surface area contributed by atoms with Crippen LogP contribution in [0.4, 0.5) is 11.5 Å². The van der Waals surface area contributed by atoms with Crippen LogP contribution in [0.3, 0.4) is 0 Å². The maximum Gasteiger partial charge on any atom is 0.263 e. The van der Waals surface area contributed by atoms with E-state index in [2.05, 4.69) is 15.0 Å². The van der Waals surface area contributed by atoms with Crippen molar-refractivity contribution in [3.05, 3.63) is 83.5 Å². The molecule has 2 aromatic carbocycles. The summed E-state index contributed by atoms with van der Waals surface area (Å²) in [5.74, 6) is 0.275. The zero-order valence-corrected chi connectivity index (χ0v) is 15.5. The second-order valence-corrected chi connectivity index (χ2v) is 7.77. The highest BCUT2D eigenvalue weighted by atomic mass is 35.5. The lowest BCUT2D eigenvalue weighted by atomic mass is 10.1. The van der Waals surface area contributed by atoms with Crippen molar-refractivity contribution < 1.29 is 8.42 Å². The molecule has 134 valence electrons. The highest BCUT2D eigenvalue weighted by Gasteiger charge is 2.13. The number of aromatic nitrogens is 1. The molecule has 0 spiro atoms. The van der Waals surface area contributed by atoms with Crippen LogP contribution in [0.1, 0.15) is 5.56 Å². The number of benzene rings is 2. The molecule has 0 saturated heterocycles. The topological polar surface area (TPSA) is 71.1 Å². The Morgan fingerprint density at radius 2 is 1.65 bits per heavy atom. The van der Waals surface area contributed by atoms with Crippen LogP contribution in [0, 0.1) is 0 Å². The van der Waals surface area contributed by atoms with Gasteiger partial charge in [0.2, 0.25) is 0 Å². The molecule has 5 nitrogen and oxygen atoms in total. The number of nitrogens with one attached hydrogen (secondary N) is 2. The van der Waals surface area contributed by atoms with Crippen LogP contribution in [0.2, 0.25) is 5.02 Å². The molecule has 0 aliphatic rings. The van der Waals surface area contributed by atoms with Gasteiger partial charge in [0.05, 0.1) is 16.8 Å². The molecule has 1 aromatic heterocycles. The Morgan fingerprint density at radius 3 is 2.31 bits per heavy atom. The van der Waals surface area contributed by atoms with Crippen LogP contribution >= 0.6 is 11.6 Å². The molecule has 1 heterocycles. The molecule has 0 aliphatic heterocycles. The van der Waals surface area contributed by atoms with Gasteiger partial charge in [-0.2, -0.15) is 0 Å². The Morgan fingerprint density at radius 1 is 0.923 bits per heavy atom. The van der Waals surface area contributed by atoms with Gasteiger partial charge < -0.3 is 5.32 Å². The Kier molecular flexibility index (Phi) is 5.75. The fourth-order valence-electron chi connectivity index (χ4n) is 2.36. The highest BCUT2D eigenvalue weighted by molar-refractivity contribution is 7.92. The summed E-state index contributed by atoms with van der Waals surface area (Å²) >= 11 is 5.87. The average molecular weight is 388 g/mol. The molecule has 0 amide bonds. The molecule has 3 aromatic rings. The van der Waals surface area contributed by atoms with Crippen molar-refractivity contribution in [2.24, 2.45) is 0 Å². The van der Waals surface area contributed by atoms with E-state index in [1.165, 1.54) is 17.7 Å². The first-order valence-corrected chi connectivity index (χ1v) is 9.91. The molecule has 0 fully saturated rings. The smallest absolute Gasteiger partial charge is 0.263 e. The normalized spacial score (nSPS) is 11.1. The molecule has 0 radical (unpaired) electrons. The van der Waals surface area contributed by atoms with E-state index in [0.717, 1.165) is 23.7 Å². The summed E-state index contributed by atoms with van der Waals surface area (Å²) in [6.45, 7) is 0.735. The molecule has 3 rings (SSSR count). The molecule has 26 heavy (non-hydrogen) atoms. The fraction of sp³-hybridized carbons (Fsp3) is 0.105. The largest absolute Gasteiger partial charge is 0.383 e. The molecule has 0 saturated carbocycles. The summed E-state index contributed by atoms with van der Waals surface area (Å²) in [7, 11) is -3.63. The van der Waals surface area contributed by atoms with Gasteiger partial charge in [0, 0.05) is 11.6 Å². The Hall–Kier alpha value is -2.57. The van der Waals surface area contributed by atoms with Gasteiger partial charge >= 0.3 is 0 Å². The van der Waals surface area contributed by atoms with Gasteiger partial charge in [-0.3, -0.25) is 4.72 Å². The molecule has 0 atom stereocenters. The average Bonchev–Trinajstić information content (AvgIpc) is 2.65. The second-order valence-electron chi connectivity index (χ2n) is 5.65. The third-order valence-corrected chi connectivity index (χ3v) is 5.33. The molecular formula is C19H18ClN3O2S. The van der Waals surface area contributed by atoms with Crippen molar-refractivity contribution in [1.82, 2.24) is 4.98 Å². The number of halogens is 1. The molecule has 0 unspecified atom stereocenters. The number of nitrogens with zero attached hydrogens (tertiary/aromatic N) is 1. The van der Waals surface area contributed by atoms with Crippen LogP contribution in [-0.2, 0) is 16.4 Å². The van der Waals surface area contributed by atoms with E-state index in [0.29, 0.717) is 0 Å². The predicted octanol–water partition coefficient (Wildman–Crippen LogP) is 4.19. The third kappa shape index (κ3) is 4.97. The number of hydrogen-bond donors (Lipinski definition) is 2. The van der Waals surface area contributed by atoms with Gasteiger partial charge in [-0.1, -0.05) is 41.9 Å². The molecule has 0 bridgehead atoms. The first kappa shape index (κ1) is 18.2. The van der Waals surface area contributed by atoms with Gasteiger partial charge in [0.25, 0.3) is 10.0 Å². The first-order chi connectivity index (χ1) is 12.5. The quantitative estimate of drug-likeness (QED) is 0.637. The summed E-state index contributed by atoms with van der Waals surface area (Å²) in [4.78, 5) is 4.36. The molecular weight excluding hydrogens is 370 g/mol. The highest BCUT2D eigenvalue weighted by Crippen LogP contribution is 2.16. The van der Waals surface area contributed by atoms with Gasteiger partial charge in [0.1, 0.15) is 5.82 Å². The molecule has 2 N–H and O–H groups in total. The van der Waals surface area contributed by atoms with E-state index < -0.39 is 10.0 Å². The summed E-state index contributed by atoms with van der Waals surface area (Å²) in [5, 5.41) is 3.98. The zero-order valence-electron chi connectivity index (χ0n) is 13.9. The minimum absolute atomic E-state index is 0.201. The maximum absolute atomic E-state index is 12.3. The van der Waals surface area contributed by atoms with E-state index in [1.54, 1.807) is 36.5 Å². The fourth-order valence-corrected chi connectivity index (χ4v) is 3.51. The summed E-state index contributed by atoms with van der Waals surface area (Å²) in [6, 6.07) is 19.3. The van der Waals surface area contributed by atoms with Crippen molar-refractivity contribution >= 4 is 33.1 Å². The number of anilines is 2. The monoisotopic (exact) mass is 387 g/mol. The Labute approximate surface area is 158 Å². The number of sulfonamides is 1. The summed E-state index contributed by atoms with van der Waals surface area (Å²) in [5.41, 5.74) is 2.00. The van der Waals surface area contributed by atoms with Crippen molar-refractivity contribution in [3.8, 4) is 0 Å². The number of rotatable bonds is 7. The first-order valence-electron chi connectivity index (χ1n) is 8.05. The third-order valence-electron chi connectivity index (χ3n) is 3.71. The summed E-state index contributed by atoms with van der Waals surface area (Å²) in [6.07, 6.45) is 2.45. The van der Waals surface area contributed by atoms with Crippen LogP contribution in [0.5, 0.6) is 0 Å². The Bertz CT molecular complexity index is 944. The number of pyridine rings is 1. The van der Waals surface area contributed by atoms with Crippen LogP contribution in [-0.4, -0.2) is 19.9 Å². The van der Waals surface area contributed by atoms with Crippen molar-refractivity contribution in [1.29, 1.82) is 0 Å². The van der Waals surface area contributed by atoms with Crippen molar-refractivity contribution in [3.63, 3.8) is 0 Å². The minimum atomic E-state index is -3.63. The Balaban J connectivity index is 1.56. The lowest BCUT2D eigenvalue weighted by Gasteiger charge is -2.09. The zero-order chi connectivity index (χ0) is 18.4. The van der Waals surface area contributed by atoms with Crippen LogP contribution in [0.15, 0.2) is 77.8 Å². The molecule has 0 aliphatic carbocycles. The van der Waals surface area contributed by atoms with Gasteiger partial charge in [-0.15, -0.1) is 0 Å². The van der Waals surface area contributed by atoms with E-state index in [-0.39, 0.29) is 10.7 Å². The van der Waals surface area contributed by atoms with E-state index in [4.69, 9.17) is 11.6 Å². The SMILES string of the molecule is O=S(=O)(Nc1ccc(NCCc2ccc(Cl)cc2)cn1)c1ccccc1.